The van der Waals surface area contributed by atoms with Crippen LogP contribution in [-0.2, 0) is 19.1 Å². The monoisotopic (exact) mass is 254 g/mol. The first kappa shape index (κ1) is 12.9. The molecule has 0 aromatic heterocycles. The van der Waals surface area contributed by atoms with Crippen molar-refractivity contribution in [2.45, 2.75) is 38.1 Å². The number of primary amides is 1. The van der Waals surface area contributed by atoms with Gasteiger partial charge in [-0.05, 0) is 12.8 Å². The molecule has 2 fully saturated rings. The van der Waals surface area contributed by atoms with E-state index in [0.29, 0.717) is 6.54 Å². The number of ether oxygens (including phenoxy) is 1. The maximum atomic E-state index is 11.8. The van der Waals surface area contributed by atoms with Crippen molar-refractivity contribution in [1.29, 1.82) is 0 Å². The number of amides is 2. The number of carbonyl (C=O) groups excluding carboxylic acids is 3. The molecule has 1 heterocycles. The number of carbonyl (C=O) groups is 3. The van der Waals surface area contributed by atoms with Crippen LogP contribution in [0.5, 0.6) is 0 Å². The fourth-order valence-electron chi connectivity index (χ4n) is 2.72. The van der Waals surface area contributed by atoms with Gasteiger partial charge in [0.1, 0.15) is 0 Å². The Kier molecular flexibility index (Phi) is 3.84. The molecule has 2 amide bonds. The molecule has 0 aromatic rings. The number of nitrogens with two attached hydrogens (primary N) is 1. The number of hydrogen-bond acceptors (Lipinski definition) is 4. The molecule has 2 N–H and O–H groups in total. The Morgan fingerprint density at radius 3 is 2.61 bits per heavy atom. The average Bonchev–Trinajstić information content (AvgIpc) is 2.94. The van der Waals surface area contributed by atoms with Gasteiger partial charge < -0.3 is 15.4 Å². The van der Waals surface area contributed by atoms with E-state index >= 15 is 0 Å². The van der Waals surface area contributed by atoms with Gasteiger partial charge in [-0.3, -0.25) is 14.4 Å². The van der Waals surface area contributed by atoms with Gasteiger partial charge in [0.2, 0.25) is 5.91 Å². The predicted molar refractivity (Wildman–Crippen MR) is 62.2 cm³/mol. The molecule has 0 bridgehead atoms. The molecule has 1 atom stereocenters. The van der Waals surface area contributed by atoms with Gasteiger partial charge in [0.25, 0.3) is 5.91 Å². The Bertz CT molecular complexity index is 363. The molecular formula is C12H18N2O4. The standard InChI is InChI=1S/C12H18N2O4/c13-10(15)7-18-12(17)8-5-11(16)14(6-8)9-3-1-2-4-9/h8-9H,1-7H2,(H2,13,15)/t8-/m1/s1. The van der Waals surface area contributed by atoms with Crippen molar-refractivity contribution in [2.24, 2.45) is 11.7 Å². The second kappa shape index (κ2) is 5.37. The SMILES string of the molecule is NC(=O)COC(=O)[C@@H]1CC(=O)N(C2CCCC2)C1. The van der Waals surface area contributed by atoms with E-state index in [1.807, 2.05) is 0 Å². The average molecular weight is 254 g/mol. The molecule has 1 saturated carbocycles. The van der Waals surface area contributed by atoms with E-state index in [0.717, 1.165) is 25.7 Å². The minimum Gasteiger partial charge on any atom is -0.455 e. The first-order chi connectivity index (χ1) is 8.58. The van der Waals surface area contributed by atoms with Gasteiger partial charge in [0.15, 0.2) is 6.61 Å². The van der Waals surface area contributed by atoms with Crippen LogP contribution >= 0.6 is 0 Å². The molecule has 6 heteroatoms. The Balaban J connectivity index is 1.87. The van der Waals surface area contributed by atoms with Gasteiger partial charge in [0, 0.05) is 19.0 Å². The maximum Gasteiger partial charge on any atom is 0.311 e. The van der Waals surface area contributed by atoms with E-state index in [1.54, 1.807) is 4.90 Å². The zero-order valence-electron chi connectivity index (χ0n) is 10.3. The topological polar surface area (TPSA) is 89.7 Å². The minimum absolute atomic E-state index is 0.0166. The van der Waals surface area contributed by atoms with E-state index in [2.05, 4.69) is 0 Å². The first-order valence-corrected chi connectivity index (χ1v) is 6.32. The van der Waals surface area contributed by atoms with E-state index in [4.69, 9.17) is 10.5 Å². The maximum absolute atomic E-state index is 11.8. The third-order valence-corrected chi connectivity index (χ3v) is 3.61. The highest BCUT2D eigenvalue weighted by Crippen LogP contribution is 2.29. The first-order valence-electron chi connectivity index (χ1n) is 6.32. The number of nitrogens with zero attached hydrogens (tertiary/aromatic N) is 1. The van der Waals surface area contributed by atoms with Crippen molar-refractivity contribution in [1.82, 2.24) is 4.90 Å². The largest absolute Gasteiger partial charge is 0.455 e. The zero-order chi connectivity index (χ0) is 13.1. The van der Waals surface area contributed by atoms with E-state index in [-0.39, 0.29) is 18.4 Å². The lowest BCUT2D eigenvalue weighted by molar-refractivity contribution is -0.151. The van der Waals surface area contributed by atoms with Crippen LogP contribution in [0.3, 0.4) is 0 Å². The smallest absolute Gasteiger partial charge is 0.311 e. The third kappa shape index (κ3) is 2.80. The number of likely N-dealkylation sites (tertiary alicyclic amines) is 1. The lowest BCUT2D eigenvalue weighted by atomic mass is 10.1. The Morgan fingerprint density at radius 2 is 2.00 bits per heavy atom. The van der Waals surface area contributed by atoms with Crippen molar-refractivity contribution in [3.05, 3.63) is 0 Å². The van der Waals surface area contributed by atoms with E-state index in [9.17, 15) is 14.4 Å². The van der Waals surface area contributed by atoms with Crippen molar-refractivity contribution in [3.63, 3.8) is 0 Å². The molecule has 0 radical (unpaired) electrons. The molecular weight excluding hydrogens is 236 g/mol. The van der Waals surface area contributed by atoms with Crippen LogP contribution in [-0.4, -0.2) is 41.9 Å². The molecule has 18 heavy (non-hydrogen) atoms. The molecule has 100 valence electrons. The van der Waals surface area contributed by atoms with Crippen molar-refractivity contribution in [2.75, 3.05) is 13.2 Å². The number of hydrogen-bond donors (Lipinski definition) is 1. The second-order valence-electron chi connectivity index (χ2n) is 4.96. The van der Waals surface area contributed by atoms with Gasteiger partial charge in [-0.15, -0.1) is 0 Å². The quantitative estimate of drug-likeness (QED) is 0.704. The molecule has 6 nitrogen and oxygen atoms in total. The summed E-state index contributed by atoms with van der Waals surface area (Å²) in [6, 6.07) is 0.284. The van der Waals surface area contributed by atoms with E-state index in [1.165, 1.54) is 0 Å². The molecule has 0 unspecified atom stereocenters. The van der Waals surface area contributed by atoms with Gasteiger partial charge >= 0.3 is 5.97 Å². The highest BCUT2D eigenvalue weighted by Gasteiger charge is 2.39. The fourth-order valence-corrected chi connectivity index (χ4v) is 2.72. The summed E-state index contributed by atoms with van der Waals surface area (Å²) in [5.74, 6) is -1.61. The van der Waals surface area contributed by atoms with Crippen molar-refractivity contribution < 1.29 is 19.1 Å². The molecule has 1 aliphatic carbocycles. The molecule has 1 aliphatic heterocycles. The highest BCUT2D eigenvalue weighted by molar-refractivity contribution is 5.88. The Morgan fingerprint density at radius 1 is 1.33 bits per heavy atom. The summed E-state index contributed by atoms with van der Waals surface area (Å²) in [4.78, 5) is 35.8. The van der Waals surface area contributed by atoms with Gasteiger partial charge in [-0.1, -0.05) is 12.8 Å². The predicted octanol–water partition coefficient (Wildman–Crippen LogP) is -0.194. The third-order valence-electron chi connectivity index (χ3n) is 3.61. The van der Waals surface area contributed by atoms with Crippen LogP contribution in [0.1, 0.15) is 32.1 Å². The van der Waals surface area contributed by atoms with Gasteiger partial charge in [-0.25, -0.2) is 0 Å². The summed E-state index contributed by atoms with van der Waals surface area (Å²) in [5, 5.41) is 0. The normalized spacial score (nSPS) is 24.6. The van der Waals surface area contributed by atoms with Gasteiger partial charge in [0.05, 0.1) is 5.92 Å². The molecule has 2 aliphatic rings. The summed E-state index contributed by atoms with van der Waals surface area (Å²) in [7, 11) is 0. The molecule has 1 saturated heterocycles. The van der Waals surface area contributed by atoms with Crippen LogP contribution in [0.25, 0.3) is 0 Å². The lowest BCUT2D eigenvalue weighted by Crippen LogP contribution is -2.35. The van der Waals surface area contributed by atoms with Crippen LogP contribution in [0.2, 0.25) is 0 Å². The van der Waals surface area contributed by atoms with Crippen LogP contribution in [0, 0.1) is 5.92 Å². The number of esters is 1. The summed E-state index contributed by atoms with van der Waals surface area (Å²) < 4.78 is 4.75. The molecule has 2 rings (SSSR count). The molecule has 0 spiro atoms. The second-order valence-corrected chi connectivity index (χ2v) is 4.96. The van der Waals surface area contributed by atoms with E-state index < -0.39 is 24.4 Å². The van der Waals surface area contributed by atoms with Crippen LogP contribution in [0.4, 0.5) is 0 Å². The van der Waals surface area contributed by atoms with Gasteiger partial charge in [-0.2, -0.15) is 0 Å². The lowest BCUT2D eigenvalue weighted by Gasteiger charge is -2.23. The van der Waals surface area contributed by atoms with Crippen LogP contribution in [0.15, 0.2) is 0 Å². The molecule has 0 aromatic carbocycles. The summed E-state index contributed by atoms with van der Waals surface area (Å²) >= 11 is 0. The van der Waals surface area contributed by atoms with Crippen molar-refractivity contribution in [3.8, 4) is 0 Å². The fraction of sp³-hybridized carbons (Fsp3) is 0.750. The zero-order valence-corrected chi connectivity index (χ0v) is 10.3. The Labute approximate surface area is 105 Å². The Hall–Kier alpha value is -1.59. The minimum atomic E-state index is -0.680. The van der Waals surface area contributed by atoms with Crippen molar-refractivity contribution >= 4 is 17.8 Å². The van der Waals surface area contributed by atoms with Crippen LogP contribution < -0.4 is 5.73 Å². The number of rotatable bonds is 4. The summed E-state index contributed by atoms with van der Waals surface area (Å²) in [6.45, 7) is 0.00798. The summed E-state index contributed by atoms with van der Waals surface area (Å²) in [6.07, 6.45) is 4.52. The summed E-state index contributed by atoms with van der Waals surface area (Å²) in [5.41, 5.74) is 4.90. The highest BCUT2D eigenvalue weighted by atomic mass is 16.5.